The van der Waals surface area contributed by atoms with Gasteiger partial charge in [-0.25, -0.2) is 0 Å². The van der Waals surface area contributed by atoms with Crippen LogP contribution in [0.5, 0.6) is 5.75 Å². The van der Waals surface area contributed by atoms with Gasteiger partial charge in [-0.15, -0.1) is 0 Å². The molecule has 0 aliphatic carbocycles. The summed E-state index contributed by atoms with van der Waals surface area (Å²) >= 11 is 3.45. The third kappa shape index (κ3) is 2.01. The molecule has 0 radical (unpaired) electrons. The molecule has 0 bridgehead atoms. The van der Waals surface area contributed by atoms with E-state index in [4.69, 9.17) is 0 Å². The van der Waals surface area contributed by atoms with Crippen molar-refractivity contribution >= 4 is 15.9 Å². The van der Waals surface area contributed by atoms with E-state index in [2.05, 4.69) is 29.8 Å². The standard InChI is InChI=1S/C10H13BrO/c1-10(2,7-11)8-4-3-5-9(12)6-8/h3-6,12H,7H2,1-2H3. The van der Waals surface area contributed by atoms with Gasteiger partial charge in [0.05, 0.1) is 0 Å². The number of rotatable bonds is 2. The van der Waals surface area contributed by atoms with E-state index in [1.165, 1.54) is 0 Å². The Labute approximate surface area is 81.6 Å². The van der Waals surface area contributed by atoms with E-state index in [1.807, 2.05) is 12.1 Å². The topological polar surface area (TPSA) is 20.2 Å². The SMILES string of the molecule is CC(C)(CBr)c1cccc(O)c1. The van der Waals surface area contributed by atoms with Crippen molar-refractivity contribution in [3.8, 4) is 5.75 Å². The summed E-state index contributed by atoms with van der Waals surface area (Å²) in [6.45, 7) is 4.27. The van der Waals surface area contributed by atoms with Crippen LogP contribution in [-0.2, 0) is 5.41 Å². The van der Waals surface area contributed by atoms with Crippen molar-refractivity contribution in [1.82, 2.24) is 0 Å². The number of phenols is 1. The monoisotopic (exact) mass is 228 g/mol. The van der Waals surface area contributed by atoms with Crippen LogP contribution < -0.4 is 0 Å². The molecule has 0 aliphatic rings. The Bertz CT molecular complexity index is 268. The number of phenolic OH excluding ortho intramolecular Hbond substituents is 1. The smallest absolute Gasteiger partial charge is 0.115 e. The molecule has 0 aromatic heterocycles. The minimum Gasteiger partial charge on any atom is -0.508 e. The molecule has 0 atom stereocenters. The van der Waals surface area contributed by atoms with E-state index >= 15 is 0 Å². The molecule has 1 rings (SSSR count). The first-order valence-corrected chi connectivity index (χ1v) is 5.04. The number of aromatic hydroxyl groups is 1. The first-order chi connectivity index (χ1) is 5.56. The van der Waals surface area contributed by atoms with Gasteiger partial charge in [-0.1, -0.05) is 41.9 Å². The maximum absolute atomic E-state index is 9.26. The summed E-state index contributed by atoms with van der Waals surface area (Å²) in [6.07, 6.45) is 0. The van der Waals surface area contributed by atoms with E-state index in [9.17, 15) is 5.11 Å². The predicted octanol–water partition coefficient (Wildman–Crippen LogP) is 3.06. The zero-order chi connectivity index (χ0) is 9.19. The highest BCUT2D eigenvalue weighted by Crippen LogP contribution is 2.27. The predicted molar refractivity (Wildman–Crippen MR) is 54.9 cm³/mol. The highest BCUT2D eigenvalue weighted by atomic mass is 79.9. The lowest BCUT2D eigenvalue weighted by Gasteiger charge is -2.22. The highest BCUT2D eigenvalue weighted by molar-refractivity contribution is 9.09. The Hall–Kier alpha value is -0.500. The van der Waals surface area contributed by atoms with Gasteiger partial charge in [0.1, 0.15) is 5.75 Å². The zero-order valence-corrected chi connectivity index (χ0v) is 8.93. The zero-order valence-electron chi connectivity index (χ0n) is 7.34. The summed E-state index contributed by atoms with van der Waals surface area (Å²) in [7, 11) is 0. The van der Waals surface area contributed by atoms with Gasteiger partial charge in [-0.2, -0.15) is 0 Å². The van der Waals surface area contributed by atoms with Crippen molar-refractivity contribution in [2.75, 3.05) is 5.33 Å². The number of hydrogen-bond acceptors (Lipinski definition) is 1. The molecule has 2 heteroatoms. The van der Waals surface area contributed by atoms with Gasteiger partial charge in [0.2, 0.25) is 0 Å². The van der Waals surface area contributed by atoms with Gasteiger partial charge in [0, 0.05) is 5.33 Å². The second-order valence-electron chi connectivity index (χ2n) is 3.57. The summed E-state index contributed by atoms with van der Waals surface area (Å²) < 4.78 is 0. The molecular weight excluding hydrogens is 216 g/mol. The maximum Gasteiger partial charge on any atom is 0.115 e. The van der Waals surface area contributed by atoms with Gasteiger partial charge in [0.25, 0.3) is 0 Å². The van der Waals surface area contributed by atoms with Gasteiger partial charge in [-0.05, 0) is 23.1 Å². The van der Waals surface area contributed by atoms with Crippen LogP contribution in [-0.4, -0.2) is 10.4 Å². The summed E-state index contributed by atoms with van der Waals surface area (Å²) in [5.41, 5.74) is 1.23. The molecule has 0 saturated carbocycles. The van der Waals surface area contributed by atoms with Crippen molar-refractivity contribution in [2.45, 2.75) is 19.3 Å². The molecule has 1 nitrogen and oxygen atoms in total. The van der Waals surface area contributed by atoms with Crippen LogP contribution in [0.25, 0.3) is 0 Å². The fourth-order valence-corrected chi connectivity index (χ4v) is 1.33. The average Bonchev–Trinajstić information content (AvgIpc) is 2.05. The summed E-state index contributed by atoms with van der Waals surface area (Å²) in [6, 6.07) is 7.39. The summed E-state index contributed by atoms with van der Waals surface area (Å²) in [4.78, 5) is 0. The van der Waals surface area contributed by atoms with Crippen LogP contribution in [0.3, 0.4) is 0 Å². The van der Waals surface area contributed by atoms with E-state index in [0.29, 0.717) is 5.75 Å². The number of halogens is 1. The van der Waals surface area contributed by atoms with Crippen LogP contribution in [0, 0.1) is 0 Å². The van der Waals surface area contributed by atoms with Crippen molar-refractivity contribution in [1.29, 1.82) is 0 Å². The molecule has 1 N–H and O–H groups in total. The number of alkyl halides is 1. The van der Waals surface area contributed by atoms with Crippen molar-refractivity contribution in [3.05, 3.63) is 29.8 Å². The largest absolute Gasteiger partial charge is 0.508 e. The lowest BCUT2D eigenvalue weighted by Crippen LogP contribution is -2.18. The molecule has 1 aromatic carbocycles. The molecule has 0 spiro atoms. The minimum atomic E-state index is 0.0821. The van der Waals surface area contributed by atoms with E-state index in [0.717, 1.165) is 10.9 Å². The maximum atomic E-state index is 9.26. The quantitative estimate of drug-likeness (QED) is 0.772. The molecule has 0 amide bonds. The number of benzene rings is 1. The van der Waals surface area contributed by atoms with Gasteiger partial charge < -0.3 is 5.11 Å². The second-order valence-corrected chi connectivity index (χ2v) is 4.13. The average molecular weight is 229 g/mol. The molecule has 0 saturated heterocycles. The third-order valence-corrected chi connectivity index (χ3v) is 3.36. The molecule has 1 aromatic rings. The fourth-order valence-electron chi connectivity index (χ4n) is 1.00. The number of hydrogen-bond donors (Lipinski definition) is 1. The lowest BCUT2D eigenvalue weighted by atomic mass is 9.87. The Morgan fingerprint density at radius 3 is 2.58 bits per heavy atom. The van der Waals surface area contributed by atoms with Crippen LogP contribution in [0.4, 0.5) is 0 Å². The Morgan fingerprint density at radius 1 is 1.42 bits per heavy atom. The molecule has 0 fully saturated rings. The van der Waals surface area contributed by atoms with Crippen molar-refractivity contribution < 1.29 is 5.11 Å². The molecular formula is C10H13BrO. The molecule has 0 aliphatic heterocycles. The first-order valence-electron chi connectivity index (χ1n) is 3.92. The third-order valence-electron chi connectivity index (χ3n) is 1.96. The summed E-state index contributed by atoms with van der Waals surface area (Å²) in [5.74, 6) is 0.335. The van der Waals surface area contributed by atoms with Crippen LogP contribution in [0.2, 0.25) is 0 Å². The summed E-state index contributed by atoms with van der Waals surface area (Å²) in [5, 5.41) is 10.1. The Kier molecular flexibility index (Phi) is 2.78. The first kappa shape index (κ1) is 9.59. The van der Waals surface area contributed by atoms with E-state index in [1.54, 1.807) is 12.1 Å². The molecule has 0 unspecified atom stereocenters. The van der Waals surface area contributed by atoms with Gasteiger partial charge in [-0.3, -0.25) is 0 Å². The Balaban J connectivity index is 3.03. The highest BCUT2D eigenvalue weighted by Gasteiger charge is 2.18. The fraction of sp³-hybridized carbons (Fsp3) is 0.400. The van der Waals surface area contributed by atoms with Gasteiger partial charge in [0.15, 0.2) is 0 Å². The normalized spacial score (nSPS) is 11.6. The van der Waals surface area contributed by atoms with Crippen LogP contribution in [0.1, 0.15) is 19.4 Å². The molecule has 0 heterocycles. The van der Waals surface area contributed by atoms with Crippen LogP contribution in [0.15, 0.2) is 24.3 Å². The van der Waals surface area contributed by atoms with Gasteiger partial charge >= 0.3 is 0 Å². The Morgan fingerprint density at radius 2 is 2.08 bits per heavy atom. The lowest BCUT2D eigenvalue weighted by molar-refractivity contribution is 0.471. The van der Waals surface area contributed by atoms with Crippen LogP contribution >= 0.6 is 15.9 Å². The minimum absolute atomic E-state index is 0.0821. The molecule has 12 heavy (non-hydrogen) atoms. The molecule has 66 valence electrons. The van der Waals surface area contributed by atoms with E-state index in [-0.39, 0.29) is 5.41 Å². The van der Waals surface area contributed by atoms with Crippen molar-refractivity contribution in [3.63, 3.8) is 0 Å². The van der Waals surface area contributed by atoms with Crippen molar-refractivity contribution in [2.24, 2.45) is 0 Å². The van der Waals surface area contributed by atoms with E-state index < -0.39 is 0 Å². The second kappa shape index (κ2) is 3.48.